The zero-order valence-electron chi connectivity index (χ0n) is 14.9. The van der Waals surface area contributed by atoms with E-state index in [1.807, 2.05) is 20.8 Å². The quantitative estimate of drug-likeness (QED) is 0.769. The molecule has 2 fully saturated rings. The van der Waals surface area contributed by atoms with Gasteiger partial charge in [-0.25, -0.2) is 13.4 Å². The Morgan fingerprint density at radius 2 is 2.08 bits per heavy atom. The Morgan fingerprint density at radius 3 is 2.68 bits per heavy atom. The molecule has 0 spiro atoms. The van der Waals surface area contributed by atoms with E-state index in [0.29, 0.717) is 17.6 Å². The van der Waals surface area contributed by atoms with Gasteiger partial charge in [-0.1, -0.05) is 6.92 Å². The average molecular weight is 387 g/mol. The summed E-state index contributed by atoms with van der Waals surface area (Å²) in [4.78, 5) is 19.2. The molecule has 1 saturated carbocycles. The van der Waals surface area contributed by atoms with E-state index in [2.05, 4.69) is 14.7 Å². The molecule has 0 unspecified atom stereocenters. The highest BCUT2D eigenvalue weighted by molar-refractivity contribution is 7.91. The molecule has 0 bridgehead atoms. The monoisotopic (exact) mass is 386 g/mol. The van der Waals surface area contributed by atoms with E-state index < -0.39 is 21.8 Å². The van der Waals surface area contributed by atoms with Crippen LogP contribution in [0.3, 0.4) is 0 Å². The van der Waals surface area contributed by atoms with Crippen LogP contribution in [-0.2, 0) is 14.6 Å². The molecule has 0 radical (unpaired) electrons. The molecule has 1 aromatic rings. The minimum atomic E-state index is -3.23. The average Bonchev–Trinajstić information content (AvgIpc) is 3.20. The van der Waals surface area contributed by atoms with Gasteiger partial charge in [-0.15, -0.1) is 0 Å². The fourth-order valence-corrected chi connectivity index (χ4v) is 5.90. The first-order valence-corrected chi connectivity index (χ1v) is 11.5. The lowest BCUT2D eigenvalue weighted by atomic mass is 10.0. The second-order valence-corrected chi connectivity index (χ2v) is 10.2. The van der Waals surface area contributed by atoms with Crippen molar-refractivity contribution in [2.24, 2.45) is 5.92 Å². The third kappa shape index (κ3) is 4.31. The normalized spacial score (nSPS) is 25.3. The van der Waals surface area contributed by atoms with Crippen molar-refractivity contribution in [2.75, 3.05) is 23.4 Å². The van der Waals surface area contributed by atoms with Gasteiger partial charge in [0.15, 0.2) is 9.84 Å². The number of rotatable bonds is 7. The van der Waals surface area contributed by atoms with Crippen LogP contribution in [-0.4, -0.2) is 58.7 Å². The number of nitrogens with one attached hydrogen (secondary N) is 1. The van der Waals surface area contributed by atoms with E-state index >= 15 is 0 Å². The molecular formula is C16H26N4O3S2. The van der Waals surface area contributed by atoms with Crippen molar-refractivity contribution in [3.05, 3.63) is 5.82 Å². The van der Waals surface area contributed by atoms with E-state index in [9.17, 15) is 13.2 Å². The van der Waals surface area contributed by atoms with E-state index in [0.717, 1.165) is 25.1 Å². The maximum Gasteiger partial charge on any atom is 0.229 e. The molecule has 2 heterocycles. The number of hydrogen-bond donors (Lipinski definition) is 1. The number of anilines is 1. The molecule has 1 aliphatic carbocycles. The van der Waals surface area contributed by atoms with E-state index in [1.165, 1.54) is 11.5 Å². The van der Waals surface area contributed by atoms with Gasteiger partial charge in [0.2, 0.25) is 11.0 Å². The lowest BCUT2D eigenvalue weighted by Gasteiger charge is -2.30. The van der Waals surface area contributed by atoms with Gasteiger partial charge >= 0.3 is 0 Å². The lowest BCUT2D eigenvalue weighted by molar-refractivity contribution is -0.136. The zero-order chi connectivity index (χ0) is 18.2. The highest BCUT2D eigenvalue weighted by atomic mass is 32.2. The topological polar surface area (TPSA) is 92.3 Å². The van der Waals surface area contributed by atoms with Gasteiger partial charge in [0.25, 0.3) is 0 Å². The van der Waals surface area contributed by atoms with Crippen molar-refractivity contribution in [1.29, 1.82) is 0 Å². The van der Waals surface area contributed by atoms with E-state index in [-0.39, 0.29) is 23.5 Å². The molecule has 2 aliphatic rings. The Balaban J connectivity index is 1.76. The van der Waals surface area contributed by atoms with Crippen molar-refractivity contribution >= 4 is 32.4 Å². The van der Waals surface area contributed by atoms with Gasteiger partial charge in [-0.2, -0.15) is 4.37 Å². The molecule has 1 saturated heterocycles. The van der Waals surface area contributed by atoms with Gasteiger partial charge in [0, 0.05) is 30.0 Å². The van der Waals surface area contributed by atoms with Crippen LogP contribution in [0, 0.1) is 5.92 Å². The molecule has 0 aromatic carbocycles. The van der Waals surface area contributed by atoms with Gasteiger partial charge < -0.3 is 10.2 Å². The third-order valence-electron chi connectivity index (χ3n) is 4.73. The van der Waals surface area contributed by atoms with Crippen LogP contribution in [0.5, 0.6) is 0 Å². The van der Waals surface area contributed by atoms with E-state index in [1.54, 1.807) is 4.90 Å². The smallest absolute Gasteiger partial charge is 0.229 e. The zero-order valence-corrected chi connectivity index (χ0v) is 16.6. The third-order valence-corrected chi connectivity index (χ3v) is 7.13. The molecule has 1 aromatic heterocycles. The maximum absolute atomic E-state index is 13.0. The molecule has 140 valence electrons. The standard InChI is InChI=1S/C16H26N4O3S2/c1-4-7-20(10(2)3)15(21)12-8-25(22,23)9-13(12)17-16-18-14(19-24-16)11-5-6-11/h10-13H,4-9H2,1-3H3,(H,17,18,19)/t12-,13-/m1/s1. The Hall–Kier alpha value is -1.22. The second-order valence-electron chi connectivity index (χ2n) is 7.29. The highest BCUT2D eigenvalue weighted by Gasteiger charge is 2.44. The fraction of sp³-hybridized carbons (Fsp3) is 0.812. The maximum atomic E-state index is 13.0. The first-order chi connectivity index (χ1) is 11.8. The molecule has 1 N–H and O–H groups in total. The molecule has 1 amide bonds. The highest BCUT2D eigenvalue weighted by Crippen LogP contribution is 2.39. The number of carbonyl (C=O) groups is 1. The van der Waals surface area contributed by atoms with E-state index in [4.69, 9.17) is 0 Å². The Kier molecular flexibility index (Phi) is 5.34. The molecule has 2 atom stereocenters. The van der Waals surface area contributed by atoms with Crippen LogP contribution in [0.4, 0.5) is 5.13 Å². The fourth-order valence-electron chi connectivity index (χ4n) is 3.27. The molecule has 7 nitrogen and oxygen atoms in total. The summed E-state index contributed by atoms with van der Waals surface area (Å²) >= 11 is 1.25. The first kappa shape index (κ1) is 18.6. The SMILES string of the molecule is CCCN(C(=O)[C@@H]1CS(=O)(=O)C[C@H]1Nc1nc(C2CC2)ns1)C(C)C. The summed E-state index contributed by atoms with van der Waals surface area (Å²) in [5.41, 5.74) is 0. The number of carbonyl (C=O) groups excluding carboxylic acids is 1. The van der Waals surface area contributed by atoms with Crippen molar-refractivity contribution in [2.45, 2.75) is 58.0 Å². The predicted octanol–water partition coefficient (Wildman–Crippen LogP) is 1.89. The number of amides is 1. The van der Waals surface area contributed by atoms with Crippen LogP contribution >= 0.6 is 11.5 Å². The summed E-state index contributed by atoms with van der Waals surface area (Å²) in [6.07, 6.45) is 3.09. The van der Waals surface area contributed by atoms with Crippen molar-refractivity contribution in [1.82, 2.24) is 14.3 Å². The minimum Gasteiger partial charge on any atom is -0.356 e. The molecule has 9 heteroatoms. The van der Waals surface area contributed by atoms with Crippen molar-refractivity contribution in [3.63, 3.8) is 0 Å². The van der Waals surface area contributed by atoms with Crippen LogP contribution in [0.15, 0.2) is 0 Å². The van der Waals surface area contributed by atoms with Gasteiger partial charge in [0.1, 0.15) is 5.82 Å². The molecule has 25 heavy (non-hydrogen) atoms. The van der Waals surface area contributed by atoms with Crippen LogP contribution in [0.1, 0.15) is 51.8 Å². The van der Waals surface area contributed by atoms with Gasteiger partial charge in [0.05, 0.1) is 23.5 Å². The molecular weight excluding hydrogens is 360 g/mol. The van der Waals surface area contributed by atoms with Crippen molar-refractivity contribution < 1.29 is 13.2 Å². The number of nitrogens with zero attached hydrogens (tertiary/aromatic N) is 3. The summed E-state index contributed by atoms with van der Waals surface area (Å²) in [7, 11) is -3.23. The summed E-state index contributed by atoms with van der Waals surface area (Å²) < 4.78 is 28.7. The molecule has 3 rings (SSSR count). The van der Waals surface area contributed by atoms with Gasteiger partial charge in [-0.05, 0) is 33.1 Å². The number of aromatic nitrogens is 2. The van der Waals surface area contributed by atoms with Crippen LogP contribution in [0.25, 0.3) is 0 Å². The summed E-state index contributed by atoms with van der Waals surface area (Å²) in [5.74, 6) is 0.531. The Bertz CT molecular complexity index is 727. The second kappa shape index (κ2) is 7.19. The summed E-state index contributed by atoms with van der Waals surface area (Å²) in [6, 6.07) is -0.380. The minimum absolute atomic E-state index is 0.0280. The number of sulfone groups is 1. The predicted molar refractivity (Wildman–Crippen MR) is 98.6 cm³/mol. The first-order valence-electron chi connectivity index (χ1n) is 8.91. The molecule has 1 aliphatic heterocycles. The summed E-state index contributed by atoms with van der Waals surface area (Å²) in [6.45, 7) is 6.59. The number of hydrogen-bond acceptors (Lipinski definition) is 7. The van der Waals surface area contributed by atoms with Gasteiger partial charge in [-0.3, -0.25) is 4.79 Å². The lowest BCUT2D eigenvalue weighted by Crippen LogP contribution is -2.46. The Labute approximate surface area is 153 Å². The van der Waals surface area contributed by atoms with Crippen molar-refractivity contribution in [3.8, 4) is 0 Å². The Morgan fingerprint density at radius 1 is 1.36 bits per heavy atom. The largest absolute Gasteiger partial charge is 0.356 e. The summed E-state index contributed by atoms with van der Waals surface area (Å²) in [5, 5.41) is 3.80. The van der Waals surface area contributed by atoms with Crippen LogP contribution in [0.2, 0.25) is 0 Å². The van der Waals surface area contributed by atoms with Crippen LogP contribution < -0.4 is 5.32 Å².